The third-order valence-electron chi connectivity index (χ3n) is 5.67. The van der Waals surface area contributed by atoms with Crippen LogP contribution in [0, 0.1) is 25.2 Å². The quantitative estimate of drug-likeness (QED) is 0.286. The number of amidine groups is 1. The maximum absolute atomic E-state index is 9.09. The van der Waals surface area contributed by atoms with Crippen molar-refractivity contribution in [1.82, 2.24) is 9.97 Å². The fourth-order valence-electron chi connectivity index (χ4n) is 3.85. The first kappa shape index (κ1) is 19.9. The second-order valence-electron chi connectivity index (χ2n) is 7.93. The van der Waals surface area contributed by atoms with Gasteiger partial charge in [0.15, 0.2) is 0 Å². The SMILES string of the molecule is Cc1ccccc1N(C(=N)C(C)CCc1nc2ccccc2[nH]1)c1ccccc1C. The summed E-state index contributed by atoms with van der Waals surface area (Å²) in [6.45, 7) is 6.34. The fourth-order valence-corrected chi connectivity index (χ4v) is 3.85. The minimum Gasteiger partial charge on any atom is -0.342 e. The molecule has 4 aromatic rings. The number of rotatable bonds is 6. The monoisotopic (exact) mass is 396 g/mol. The Kier molecular flexibility index (Phi) is 5.66. The van der Waals surface area contributed by atoms with Crippen LogP contribution in [0.25, 0.3) is 11.0 Å². The molecule has 0 bridgehead atoms. The first-order valence-electron chi connectivity index (χ1n) is 10.5. The number of imidazole rings is 1. The highest BCUT2D eigenvalue weighted by Gasteiger charge is 2.22. The maximum Gasteiger partial charge on any atom is 0.108 e. The first-order valence-corrected chi connectivity index (χ1v) is 10.5. The van der Waals surface area contributed by atoms with E-state index in [-0.39, 0.29) is 5.92 Å². The van der Waals surface area contributed by atoms with Gasteiger partial charge in [0.1, 0.15) is 11.7 Å². The molecule has 0 aliphatic carbocycles. The number of H-pyrrole nitrogens is 1. The van der Waals surface area contributed by atoms with Gasteiger partial charge in [0.25, 0.3) is 0 Å². The number of hydrogen-bond donors (Lipinski definition) is 2. The van der Waals surface area contributed by atoms with Gasteiger partial charge in [0.05, 0.1) is 22.4 Å². The highest BCUT2D eigenvalue weighted by Crippen LogP contribution is 2.33. The molecule has 0 saturated carbocycles. The van der Waals surface area contributed by atoms with Crippen molar-refractivity contribution in [3.63, 3.8) is 0 Å². The average Bonchev–Trinajstić information content (AvgIpc) is 3.17. The lowest BCUT2D eigenvalue weighted by atomic mass is 10.0. The van der Waals surface area contributed by atoms with Crippen LogP contribution in [0.4, 0.5) is 11.4 Å². The maximum atomic E-state index is 9.09. The van der Waals surface area contributed by atoms with Crippen molar-refractivity contribution in [2.45, 2.75) is 33.6 Å². The standard InChI is InChI=1S/C26H28N4/c1-18-10-4-8-14-23(18)30(24-15-9-5-11-19(24)2)26(27)20(3)16-17-25-28-21-12-6-7-13-22(21)29-25/h4-15,20,27H,16-17H2,1-3H3,(H,28,29). The molecule has 2 N–H and O–H groups in total. The van der Waals surface area contributed by atoms with Gasteiger partial charge in [0.2, 0.25) is 0 Å². The third kappa shape index (κ3) is 3.99. The zero-order valence-electron chi connectivity index (χ0n) is 17.8. The smallest absolute Gasteiger partial charge is 0.108 e. The molecule has 4 nitrogen and oxygen atoms in total. The normalized spacial score (nSPS) is 12.1. The lowest BCUT2D eigenvalue weighted by molar-refractivity contribution is 0.656. The number of aryl methyl sites for hydroxylation is 3. The summed E-state index contributed by atoms with van der Waals surface area (Å²) < 4.78 is 0. The number of aromatic nitrogens is 2. The van der Waals surface area contributed by atoms with Crippen LogP contribution in [0.15, 0.2) is 72.8 Å². The van der Waals surface area contributed by atoms with E-state index in [1.807, 2.05) is 42.5 Å². The molecular weight excluding hydrogens is 368 g/mol. The molecule has 1 aromatic heterocycles. The van der Waals surface area contributed by atoms with Crippen molar-refractivity contribution in [2.24, 2.45) is 5.92 Å². The minimum atomic E-state index is 0.0809. The van der Waals surface area contributed by atoms with Crippen LogP contribution in [-0.2, 0) is 6.42 Å². The van der Waals surface area contributed by atoms with Gasteiger partial charge in [-0.25, -0.2) is 4.98 Å². The molecule has 1 heterocycles. The largest absolute Gasteiger partial charge is 0.342 e. The van der Waals surface area contributed by atoms with Crippen molar-refractivity contribution >= 4 is 28.2 Å². The molecule has 30 heavy (non-hydrogen) atoms. The minimum absolute atomic E-state index is 0.0809. The number of nitrogens with zero attached hydrogens (tertiary/aromatic N) is 2. The van der Waals surface area contributed by atoms with Crippen molar-refractivity contribution in [1.29, 1.82) is 5.41 Å². The van der Waals surface area contributed by atoms with E-state index in [1.165, 1.54) is 0 Å². The Balaban J connectivity index is 1.59. The number of aromatic amines is 1. The highest BCUT2D eigenvalue weighted by atomic mass is 15.2. The summed E-state index contributed by atoms with van der Waals surface area (Å²) in [7, 11) is 0. The third-order valence-corrected chi connectivity index (χ3v) is 5.67. The highest BCUT2D eigenvalue weighted by molar-refractivity contribution is 6.04. The molecule has 0 radical (unpaired) electrons. The molecule has 0 aliphatic heterocycles. The summed E-state index contributed by atoms with van der Waals surface area (Å²) in [5, 5.41) is 9.09. The lowest BCUT2D eigenvalue weighted by Gasteiger charge is -2.31. The Hall–Kier alpha value is -3.40. The van der Waals surface area contributed by atoms with E-state index in [1.54, 1.807) is 0 Å². The topological polar surface area (TPSA) is 55.8 Å². The molecule has 4 rings (SSSR count). The van der Waals surface area contributed by atoms with Crippen molar-refractivity contribution in [2.75, 3.05) is 4.90 Å². The molecule has 0 spiro atoms. The van der Waals surface area contributed by atoms with Gasteiger partial charge < -0.3 is 4.98 Å². The van der Waals surface area contributed by atoms with Gasteiger partial charge in [0, 0.05) is 12.3 Å². The van der Waals surface area contributed by atoms with Gasteiger partial charge in [-0.05, 0) is 55.7 Å². The summed E-state index contributed by atoms with van der Waals surface area (Å²) in [6.07, 6.45) is 1.67. The molecule has 3 aromatic carbocycles. The Morgan fingerprint density at radius 3 is 2.07 bits per heavy atom. The van der Waals surface area contributed by atoms with Gasteiger partial charge in [-0.1, -0.05) is 55.5 Å². The van der Waals surface area contributed by atoms with Crippen LogP contribution >= 0.6 is 0 Å². The Labute approximate surface area is 178 Å². The van der Waals surface area contributed by atoms with E-state index in [4.69, 9.17) is 10.4 Å². The van der Waals surface area contributed by atoms with Crippen LogP contribution in [0.2, 0.25) is 0 Å². The molecule has 0 aliphatic rings. The molecule has 1 atom stereocenters. The summed E-state index contributed by atoms with van der Waals surface area (Å²) in [6, 6.07) is 24.7. The van der Waals surface area contributed by atoms with E-state index in [0.717, 1.165) is 52.2 Å². The molecule has 4 heteroatoms. The van der Waals surface area contributed by atoms with E-state index in [2.05, 4.69) is 61.0 Å². The predicted octanol–water partition coefficient (Wildman–Crippen LogP) is 6.56. The van der Waals surface area contributed by atoms with Crippen molar-refractivity contribution in [3.05, 3.63) is 89.7 Å². The van der Waals surface area contributed by atoms with Crippen LogP contribution in [0.3, 0.4) is 0 Å². The summed E-state index contributed by atoms with van der Waals surface area (Å²) >= 11 is 0. The Morgan fingerprint density at radius 2 is 1.47 bits per heavy atom. The lowest BCUT2D eigenvalue weighted by Crippen LogP contribution is -2.32. The van der Waals surface area contributed by atoms with E-state index in [0.29, 0.717) is 5.84 Å². The van der Waals surface area contributed by atoms with Crippen molar-refractivity contribution < 1.29 is 0 Å². The van der Waals surface area contributed by atoms with E-state index >= 15 is 0 Å². The van der Waals surface area contributed by atoms with Crippen molar-refractivity contribution in [3.8, 4) is 0 Å². The molecule has 0 fully saturated rings. The Morgan fingerprint density at radius 1 is 0.900 bits per heavy atom. The number of anilines is 2. The van der Waals surface area contributed by atoms with Gasteiger partial charge in [-0.3, -0.25) is 10.3 Å². The van der Waals surface area contributed by atoms with Crippen LogP contribution in [0.1, 0.15) is 30.3 Å². The molecular formula is C26H28N4. The molecule has 152 valence electrons. The number of hydrogen-bond acceptors (Lipinski definition) is 2. The molecule has 0 saturated heterocycles. The predicted molar refractivity (Wildman–Crippen MR) is 126 cm³/mol. The first-order chi connectivity index (χ1) is 14.5. The number of nitrogens with one attached hydrogen (secondary N) is 2. The van der Waals surface area contributed by atoms with Crippen LogP contribution < -0.4 is 4.90 Å². The molecule has 0 amide bonds. The van der Waals surface area contributed by atoms with E-state index < -0.39 is 0 Å². The second-order valence-corrected chi connectivity index (χ2v) is 7.93. The van der Waals surface area contributed by atoms with Crippen LogP contribution in [-0.4, -0.2) is 15.8 Å². The zero-order valence-corrected chi connectivity index (χ0v) is 17.8. The summed E-state index contributed by atoms with van der Waals surface area (Å²) in [5.74, 6) is 1.67. The summed E-state index contributed by atoms with van der Waals surface area (Å²) in [4.78, 5) is 10.2. The Bertz CT molecular complexity index is 1100. The zero-order chi connectivity index (χ0) is 21.1. The van der Waals surface area contributed by atoms with E-state index in [9.17, 15) is 0 Å². The average molecular weight is 397 g/mol. The van der Waals surface area contributed by atoms with Gasteiger partial charge in [-0.15, -0.1) is 0 Å². The summed E-state index contributed by atoms with van der Waals surface area (Å²) in [5.41, 5.74) is 6.51. The fraction of sp³-hybridized carbons (Fsp3) is 0.231. The molecule has 1 unspecified atom stereocenters. The second kappa shape index (κ2) is 8.54. The number of benzene rings is 3. The van der Waals surface area contributed by atoms with Gasteiger partial charge >= 0.3 is 0 Å². The van der Waals surface area contributed by atoms with Crippen LogP contribution in [0.5, 0.6) is 0 Å². The van der Waals surface area contributed by atoms with Gasteiger partial charge in [-0.2, -0.15) is 0 Å². The number of fused-ring (bicyclic) bond motifs is 1. The number of para-hydroxylation sites is 4.